The number of allylic oxidation sites excluding steroid dienone is 1. The number of unbranched alkanes of at least 4 members (excludes halogenated alkanes) is 23. The molecule has 0 saturated heterocycles. The number of rotatable bonds is 37. The third kappa shape index (κ3) is 29.0. The van der Waals surface area contributed by atoms with E-state index < -0.39 is 25.9 Å². The Hall–Kier alpha value is -1.99. The first-order valence-corrected chi connectivity index (χ1v) is 23.2. The molecule has 9 heteroatoms. The largest absolute Gasteiger partial charge is 0.472 e. The molecule has 2 N–H and O–H groups in total. The number of phosphoric ester groups is 1. The SMILES string of the molecule is CCCCCCCCCCCCC/C=C/[C@@H](OC(=O)c1ccccc1)[C@H](COP(=O)(O)OCCC)NC(=O)CCCCCCCCCCCCCCC. The number of esters is 1. The summed E-state index contributed by atoms with van der Waals surface area (Å²) in [5.41, 5.74) is 0.383. The highest BCUT2D eigenvalue weighted by Gasteiger charge is 2.30. The first-order chi connectivity index (χ1) is 25.8. The zero-order chi connectivity index (χ0) is 38.7. The van der Waals surface area contributed by atoms with Crippen molar-refractivity contribution >= 4 is 19.7 Å². The van der Waals surface area contributed by atoms with Crippen molar-refractivity contribution in [1.82, 2.24) is 5.32 Å². The molecule has 1 aromatic rings. The van der Waals surface area contributed by atoms with Crippen LogP contribution in [0, 0.1) is 0 Å². The van der Waals surface area contributed by atoms with Crippen molar-refractivity contribution < 1.29 is 32.8 Å². The summed E-state index contributed by atoms with van der Waals surface area (Å²) in [4.78, 5) is 36.7. The predicted octanol–water partition coefficient (Wildman–Crippen LogP) is 13.0. The number of hydrogen-bond donors (Lipinski definition) is 2. The monoisotopic (exact) mass is 764 g/mol. The maximum absolute atomic E-state index is 13.2. The number of carbonyl (C=O) groups excluding carboxylic acids is 2. The summed E-state index contributed by atoms with van der Waals surface area (Å²) in [6.07, 6.45) is 34.3. The second kappa shape index (κ2) is 34.5. The van der Waals surface area contributed by atoms with Gasteiger partial charge in [0, 0.05) is 6.42 Å². The summed E-state index contributed by atoms with van der Waals surface area (Å²) in [7, 11) is -4.37. The van der Waals surface area contributed by atoms with Crippen molar-refractivity contribution in [1.29, 1.82) is 0 Å². The fraction of sp³-hybridized carbons (Fsp3) is 0.773. The molecule has 0 fully saturated rings. The van der Waals surface area contributed by atoms with Gasteiger partial charge in [0.15, 0.2) is 0 Å². The van der Waals surface area contributed by atoms with Crippen LogP contribution in [-0.2, 0) is 23.1 Å². The van der Waals surface area contributed by atoms with E-state index in [1.807, 2.05) is 19.1 Å². The van der Waals surface area contributed by atoms with E-state index in [2.05, 4.69) is 19.2 Å². The summed E-state index contributed by atoms with van der Waals surface area (Å²) < 4.78 is 28.9. The average molecular weight is 764 g/mol. The van der Waals surface area contributed by atoms with Crippen molar-refractivity contribution in [3.63, 3.8) is 0 Å². The van der Waals surface area contributed by atoms with Gasteiger partial charge in [0.1, 0.15) is 6.10 Å². The van der Waals surface area contributed by atoms with Crippen LogP contribution >= 0.6 is 7.82 Å². The molecular formula is C44H78NO7P. The van der Waals surface area contributed by atoms with Gasteiger partial charge in [-0.2, -0.15) is 0 Å². The van der Waals surface area contributed by atoms with Gasteiger partial charge in [-0.05, 0) is 43.9 Å². The van der Waals surface area contributed by atoms with Gasteiger partial charge >= 0.3 is 13.8 Å². The van der Waals surface area contributed by atoms with Gasteiger partial charge in [0.2, 0.25) is 5.91 Å². The second-order valence-electron chi connectivity index (χ2n) is 14.8. The van der Waals surface area contributed by atoms with E-state index in [0.29, 0.717) is 18.4 Å². The Morgan fingerprint density at radius 2 is 1.13 bits per heavy atom. The molecule has 306 valence electrons. The van der Waals surface area contributed by atoms with Crippen LogP contribution in [-0.4, -0.2) is 42.1 Å². The van der Waals surface area contributed by atoms with E-state index in [4.69, 9.17) is 13.8 Å². The van der Waals surface area contributed by atoms with Gasteiger partial charge in [-0.25, -0.2) is 9.36 Å². The Labute approximate surface area is 324 Å². The molecule has 0 aliphatic carbocycles. The van der Waals surface area contributed by atoms with Crippen LogP contribution in [0.3, 0.4) is 0 Å². The standard InChI is InChI=1S/C44H78NO7P/c1-4-7-9-11-13-15-17-19-21-23-25-27-32-36-42(52-44(47)40-34-30-29-31-35-40)41(39-51-53(48,49)50-38-6-3)45-43(46)37-33-28-26-24-22-20-18-16-14-12-10-8-5-2/h29-32,34-36,41-42H,4-28,33,37-39H2,1-3H3,(H,45,46)(H,48,49)/b36-32+/t41-,42+/m0/s1. The van der Waals surface area contributed by atoms with Crippen LogP contribution in [0.2, 0.25) is 0 Å². The summed E-state index contributed by atoms with van der Waals surface area (Å²) >= 11 is 0. The third-order valence-electron chi connectivity index (χ3n) is 9.68. The summed E-state index contributed by atoms with van der Waals surface area (Å²) in [6.45, 7) is 6.05. The van der Waals surface area contributed by atoms with Crippen LogP contribution in [0.25, 0.3) is 0 Å². The molecule has 0 aliphatic rings. The van der Waals surface area contributed by atoms with Gasteiger partial charge in [0.25, 0.3) is 0 Å². The minimum atomic E-state index is -4.37. The van der Waals surface area contributed by atoms with E-state index >= 15 is 0 Å². The lowest BCUT2D eigenvalue weighted by Gasteiger charge is -2.26. The predicted molar refractivity (Wildman–Crippen MR) is 220 cm³/mol. The van der Waals surface area contributed by atoms with Crippen LogP contribution in [0.4, 0.5) is 0 Å². The zero-order valence-electron chi connectivity index (χ0n) is 34.0. The molecule has 0 bridgehead atoms. The van der Waals surface area contributed by atoms with Crippen molar-refractivity contribution in [2.24, 2.45) is 0 Å². The Morgan fingerprint density at radius 3 is 1.62 bits per heavy atom. The molecule has 0 heterocycles. The molecule has 1 unspecified atom stereocenters. The molecule has 1 amide bonds. The summed E-state index contributed by atoms with van der Waals surface area (Å²) in [5, 5.41) is 2.96. The number of amides is 1. The van der Waals surface area contributed by atoms with Gasteiger partial charge in [-0.15, -0.1) is 0 Å². The van der Waals surface area contributed by atoms with Crippen LogP contribution in [0.5, 0.6) is 0 Å². The first-order valence-electron chi connectivity index (χ1n) is 21.7. The number of ether oxygens (including phenoxy) is 1. The van der Waals surface area contributed by atoms with E-state index in [0.717, 1.165) is 38.5 Å². The van der Waals surface area contributed by atoms with E-state index in [1.165, 1.54) is 122 Å². The Bertz CT molecular complexity index is 1080. The quantitative estimate of drug-likeness (QED) is 0.0300. The molecule has 1 aromatic carbocycles. The molecule has 3 atom stereocenters. The maximum Gasteiger partial charge on any atom is 0.472 e. The van der Waals surface area contributed by atoms with Crippen molar-refractivity contribution in [2.45, 2.75) is 206 Å². The first kappa shape index (κ1) is 49.0. The average Bonchev–Trinajstić information content (AvgIpc) is 3.16. The van der Waals surface area contributed by atoms with Crippen molar-refractivity contribution in [3.05, 3.63) is 48.0 Å². The molecular weight excluding hydrogens is 685 g/mol. The lowest BCUT2D eigenvalue weighted by atomic mass is 10.0. The number of hydrogen-bond acceptors (Lipinski definition) is 6. The molecule has 0 aliphatic heterocycles. The van der Waals surface area contributed by atoms with Gasteiger partial charge < -0.3 is 14.9 Å². The van der Waals surface area contributed by atoms with Crippen LogP contribution in [0.15, 0.2) is 42.5 Å². The molecule has 0 aromatic heterocycles. The molecule has 0 spiro atoms. The smallest absolute Gasteiger partial charge is 0.452 e. The summed E-state index contributed by atoms with van der Waals surface area (Å²) in [6, 6.07) is 7.82. The minimum Gasteiger partial charge on any atom is -0.452 e. The van der Waals surface area contributed by atoms with Crippen LogP contribution < -0.4 is 5.32 Å². The Balaban J connectivity index is 2.72. The van der Waals surface area contributed by atoms with E-state index in [-0.39, 0.29) is 19.1 Å². The molecule has 1 rings (SSSR count). The second-order valence-corrected chi connectivity index (χ2v) is 16.2. The lowest BCUT2D eigenvalue weighted by Crippen LogP contribution is -2.47. The van der Waals surface area contributed by atoms with Crippen molar-refractivity contribution in [3.8, 4) is 0 Å². The van der Waals surface area contributed by atoms with Gasteiger partial charge in [-0.1, -0.05) is 186 Å². The van der Waals surface area contributed by atoms with Crippen LogP contribution in [0.1, 0.15) is 204 Å². The highest BCUT2D eigenvalue weighted by atomic mass is 31.2. The van der Waals surface area contributed by atoms with E-state index in [1.54, 1.807) is 30.3 Å². The Kier molecular flexibility index (Phi) is 31.9. The topological polar surface area (TPSA) is 111 Å². The number of nitrogens with one attached hydrogen (secondary N) is 1. The number of carbonyl (C=O) groups is 2. The zero-order valence-corrected chi connectivity index (χ0v) is 34.9. The fourth-order valence-corrected chi connectivity index (χ4v) is 7.23. The molecule has 0 radical (unpaired) electrons. The number of phosphoric acid groups is 1. The van der Waals surface area contributed by atoms with Crippen molar-refractivity contribution in [2.75, 3.05) is 13.2 Å². The van der Waals surface area contributed by atoms with Gasteiger partial charge in [0.05, 0.1) is 24.8 Å². The highest BCUT2D eigenvalue weighted by molar-refractivity contribution is 7.47. The van der Waals surface area contributed by atoms with E-state index in [9.17, 15) is 19.0 Å². The maximum atomic E-state index is 13.2. The fourth-order valence-electron chi connectivity index (χ4n) is 6.40. The molecule has 53 heavy (non-hydrogen) atoms. The van der Waals surface area contributed by atoms with Gasteiger partial charge in [-0.3, -0.25) is 13.8 Å². The summed E-state index contributed by atoms with van der Waals surface area (Å²) in [5.74, 6) is -0.747. The highest BCUT2D eigenvalue weighted by Crippen LogP contribution is 2.43. The lowest BCUT2D eigenvalue weighted by molar-refractivity contribution is -0.123. The molecule has 8 nitrogen and oxygen atoms in total. The third-order valence-corrected chi connectivity index (χ3v) is 10.7. The Morgan fingerprint density at radius 1 is 0.660 bits per heavy atom. The molecule has 0 saturated carbocycles. The normalized spacial score (nSPS) is 13.9. The number of benzene rings is 1. The minimum absolute atomic E-state index is 0.0646.